The van der Waals surface area contributed by atoms with Crippen LogP contribution in [0, 0.1) is 0 Å². The highest BCUT2D eigenvalue weighted by Gasteiger charge is 2.36. The summed E-state index contributed by atoms with van der Waals surface area (Å²) in [6.07, 6.45) is 0. The van der Waals surface area contributed by atoms with Crippen LogP contribution in [0.5, 0.6) is 5.75 Å². The molecule has 0 bridgehead atoms. The molecule has 1 heterocycles. The number of nitrogens with zero attached hydrogens (tertiary/aromatic N) is 2. The Bertz CT molecular complexity index is 1210. The van der Waals surface area contributed by atoms with Gasteiger partial charge in [0.2, 0.25) is 0 Å². The van der Waals surface area contributed by atoms with Crippen LogP contribution in [0.15, 0.2) is 72.8 Å². The molecule has 0 fully saturated rings. The summed E-state index contributed by atoms with van der Waals surface area (Å²) in [6, 6.07) is 22.3. The second kappa shape index (κ2) is 8.87. The van der Waals surface area contributed by atoms with E-state index >= 15 is 0 Å². The van der Waals surface area contributed by atoms with E-state index in [1.54, 1.807) is 49.1 Å². The van der Waals surface area contributed by atoms with Crippen molar-refractivity contribution in [2.24, 2.45) is 0 Å². The van der Waals surface area contributed by atoms with E-state index in [1.165, 1.54) is 11.3 Å². The fourth-order valence-electron chi connectivity index (χ4n) is 3.16. The fraction of sp³-hybridized carbons (Fsp3) is 0.167. The van der Waals surface area contributed by atoms with Crippen molar-refractivity contribution < 1.29 is 9.53 Å². The molecule has 3 aromatic carbocycles. The number of aromatic nitrogens is 1. The van der Waals surface area contributed by atoms with E-state index in [-0.39, 0.29) is 5.91 Å². The number of hydrogen-bond donors (Lipinski definition) is 0. The molecular formula is C24H20Cl2N2O2S. The maximum absolute atomic E-state index is 13.7. The molecule has 4 nitrogen and oxygen atoms in total. The summed E-state index contributed by atoms with van der Waals surface area (Å²) >= 11 is 13.5. The van der Waals surface area contributed by atoms with E-state index in [1.807, 2.05) is 42.5 Å². The number of carbonyl (C=O) groups is 1. The number of carbonyl (C=O) groups excluding carboxylic acids is 1. The molecule has 0 aliphatic carbocycles. The van der Waals surface area contributed by atoms with Gasteiger partial charge in [0.15, 0.2) is 10.7 Å². The minimum absolute atomic E-state index is 0.198. The fourth-order valence-corrected chi connectivity index (χ4v) is 4.53. The third kappa shape index (κ3) is 5.01. The number of thiazole rings is 1. The largest absolute Gasteiger partial charge is 0.478 e. The molecule has 31 heavy (non-hydrogen) atoms. The number of anilines is 1. The van der Waals surface area contributed by atoms with Crippen molar-refractivity contribution in [3.05, 3.63) is 88.4 Å². The van der Waals surface area contributed by atoms with Crippen molar-refractivity contribution in [2.75, 3.05) is 4.90 Å². The average Bonchev–Trinajstić information content (AvgIpc) is 3.16. The van der Waals surface area contributed by atoms with Crippen LogP contribution in [-0.2, 0) is 11.3 Å². The van der Waals surface area contributed by atoms with Gasteiger partial charge in [0.25, 0.3) is 5.91 Å². The summed E-state index contributed by atoms with van der Waals surface area (Å²) in [6.45, 7) is 3.89. The number of fused-ring (bicyclic) bond motifs is 1. The molecule has 1 aromatic heterocycles. The monoisotopic (exact) mass is 470 g/mol. The zero-order valence-electron chi connectivity index (χ0n) is 17.0. The molecule has 0 saturated carbocycles. The first kappa shape index (κ1) is 21.6. The Morgan fingerprint density at radius 3 is 2.39 bits per heavy atom. The maximum Gasteiger partial charge on any atom is 0.272 e. The van der Waals surface area contributed by atoms with Crippen molar-refractivity contribution in [3.63, 3.8) is 0 Å². The number of hydrogen-bond acceptors (Lipinski definition) is 4. The number of ether oxygens (including phenoxy) is 1. The zero-order valence-corrected chi connectivity index (χ0v) is 19.3. The Kier molecular flexibility index (Phi) is 6.19. The third-order valence-electron chi connectivity index (χ3n) is 4.70. The molecule has 0 aliphatic rings. The quantitative estimate of drug-likeness (QED) is 0.304. The molecule has 0 spiro atoms. The lowest BCUT2D eigenvalue weighted by Gasteiger charge is -2.31. The van der Waals surface area contributed by atoms with Gasteiger partial charge in [0, 0.05) is 10.0 Å². The first-order chi connectivity index (χ1) is 14.8. The standard InChI is InChI=1S/C24H20Cl2N2O2S/c1-24(2,30-19-11-8-17(25)9-12-19)22(29)28(15-16-6-4-3-5-7-16)23-27-20-13-10-18(26)14-21(20)31-23/h3-14H,15H2,1-2H3. The van der Waals surface area contributed by atoms with Crippen molar-refractivity contribution in [2.45, 2.75) is 26.0 Å². The van der Waals surface area contributed by atoms with E-state index in [9.17, 15) is 4.79 Å². The van der Waals surface area contributed by atoms with Crippen molar-refractivity contribution in [1.82, 2.24) is 4.98 Å². The van der Waals surface area contributed by atoms with E-state index in [0.717, 1.165) is 15.8 Å². The minimum atomic E-state index is -1.13. The SMILES string of the molecule is CC(C)(Oc1ccc(Cl)cc1)C(=O)N(Cc1ccccc1)c1nc2ccc(Cl)cc2s1. The van der Waals surface area contributed by atoms with Crippen LogP contribution in [0.1, 0.15) is 19.4 Å². The van der Waals surface area contributed by atoms with Gasteiger partial charge in [-0.05, 0) is 61.9 Å². The molecule has 0 saturated heterocycles. The van der Waals surface area contributed by atoms with Gasteiger partial charge < -0.3 is 4.74 Å². The Balaban J connectivity index is 1.69. The van der Waals surface area contributed by atoms with Gasteiger partial charge in [0.05, 0.1) is 16.8 Å². The lowest BCUT2D eigenvalue weighted by Crippen LogP contribution is -2.48. The number of benzene rings is 3. The predicted octanol–water partition coefficient (Wildman–Crippen LogP) is 6.99. The van der Waals surface area contributed by atoms with Crippen LogP contribution in [-0.4, -0.2) is 16.5 Å². The maximum atomic E-state index is 13.7. The van der Waals surface area contributed by atoms with Gasteiger partial charge in [-0.15, -0.1) is 0 Å². The smallest absolute Gasteiger partial charge is 0.272 e. The second-order valence-corrected chi connectivity index (χ2v) is 9.43. The molecule has 0 aliphatic heterocycles. The molecule has 158 valence electrons. The molecule has 0 N–H and O–H groups in total. The molecule has 0 radical (unpaired) electrons. The van der Waals surface area contributed by atoms with Crippen molar-refractivity contribution >= 4 is 55.8 Å². The van der Waals surface area contributed by atoms with Crippen LogP contribution < -0.4 is 9.64 Å². The molecule has 4 rings (SSSR count). The summed E-state index contributed by atoms with van der Waals surface area (Å²) in [7, 11) is 0. The van der Waals surface area contributed by atoms with Crippen molar-refractivity contribution in [1.29, 1.82) is 0 Å². The third-order valence-corrected chi connectivity index (χ3v) is 6.23. The number of amides is 1. The molecule has 1 amide bonds. The van der Waals surface area contributed by atoms with E-state index in [4.69, 9.17) is 32.9 Å². The Labute approximate surface area is 195 Å². The minimum Gasteiger partial charge on any atom is -0.478 e. The number of halogens is 2. The summed E-state index contributed by atoms with van der Waals surface area (Å²) in [5.41, 5.74) is 0.667. The lowest BCUT2D eigenvalue weighted by atomic mass is 10.1. The summed E-state index contributed by atoms with van der Waals surface area (Å²) in [5.74, 6) is 0.370. The molecule has 4 aromatic rings. The van der Waals surface area contributed by atoms with Gasteiger partial charge in [-0.3, -0.25) is 9.69 Å². The van der Waals surface area contributed by atoms with E-state index in [2.05, 4.69) is 0 Å². The number of rotatable bonds is 6. The highest BCUT2D eigenvalue weighted by atomic mass is 35.5. The van der Waals surface area contributed by atoms with Crippen LogP contribution in [0.2, 0.25) is 10.0 Å². The van der Waals surface area contributed by atoms with E-state index < -0.39 is 5.60 Å². The Morgan fingerprint density at radius 1 is 1.00 bits per heavy atom. The van der Waals surface area contributed by atoms with Crippen molar-refractivity contribution in [3.8, 4) is 5.75 Å². The van der Waals surface area contributed by atoms with E-state index in [0.29, 0.717) is 27.5 Å². The normalized spacial score (nSPS) is 11.5. The Morgan fingerprint density at radius 2 is 1.68 bits per heavy atom. The average molecular weight is 471 g/mol. The van der Waals surface area contributed by atoms with Gasteiger partial charge >= 0.3 is 0 Å². The topological polar surface area (TPSA) is 42.4 Å². The van der Waals surface area contributed by atoms with Crippen LogP contribution in [0.4, 0.5) is 5.13 Å². The van der Waals surface area contributed by atoms with Crippen LogP contribution in [0.3, 0.4) is 0 Å². The highest BCUT2D eigenvalue weighted by Crippen LogP contribution is 2.33. The second-order valence-electron chi connectivity index (χ2n) is 7.55. The molecule has 0 unspecified atom stereocenters. The predicted molar refractivity (Wildman–Crippen MR) is 128 cm³/mol. The summed E-state index contributed by atoms with van der Waals surface area (Å²) < 4.78 is 6.98. The summed E-state index contributed by atoms with van der Waals surface area (Å²) in [5, 5.41) is 1.84. The van der Waals surface area contributed by atoms with Gasteiger partial charge in [0.1, 0.15) is 5.75 Å². The summed E-state index contributed by atoms with van der Waals surface area (Å²) in [4.78, 5) is 20.1. The van der Waals surface area contributed by atoms with Gasteiger partial charge in [-0.25, -0.2) is 4.98 Å². The molecule has 7 heteroatoms. The van der Waals surface area contributed by atoms with Gasteiger partial charge in [-0.1, -0.05) is 64.9 Å². The zero-order chi connectivity index (χ0) is 22.0. The molecular weight excluding hydrogens is 451 g/mol. The first-order valence-electron chi connectivity index (χ1n) is 9.68. The van der Waals surface area contributed by atoms with Crippen LogP contribution in [0.25, 0.3) is 10.2 Å². The first-order valence-corrected chi connectivity index (χ1v) is 11.3. The lowest BCUT2D eigenvalue weighted by molar-refractivity contribution is -0.131. The highest BCUT2D eigenvalue weighted by molar-refractivity contribution is 7.22. The van der Waals surface area contributed by atoms with Crippen LogP contribution >= 0.6 is 34.5 Å². The Hall–Kier alpha value is -2.60. The molecule has 0 atom stereocenters. The van der Waals surface area contributed by atoms with Gasteiger partial charge in [-0.2, -0.15) is 0 Å².